The summed E-state index contributed by atoms with van der Waals surface area (Å²) in [5, 5.41) is 17.2. The number of ketones is 1. The number of carbonyl (C=O) groups excluding carboxylic acids is 1. The lowest BCUT2D eigenvalue weighted by Crippen LogP contribution is -2.40. The average Bonchev–Trinajstić information content (AvgIpc) is 3.47. The van der Waals surface area contributed by atoms with Gasteiger partial charge >= 0.3 is 0 Å². The highest BCUT2D eigenvalue weighted by atomic mass is 16.1. The van der Waals surface area contributed by atoms with Gasteiger partial charge in [-0.25, -0.2) is 0 Å². The largest absolute Gasteiger partial charge is 0.384 e. The first kappa shape index (κ1) is 20.3. The van der Waals surface area contributed by atoms with Crippen molar-refractivity contribution in [2.24, 2.45) is 23.3 Å². The van der Waals surface area contributed by atoms with E-state index in [1.807, 2.05) is 25.1 Å². The molecule has 1 aromatic heterocycles. The molecule has 0 spiro atoms. The summed E-state index contributed by atoms with van der Waals surface area (Å²) in [6.45, 7) is 4.95. The maximum absolute atomic E-state index is 12.5. The van der Waals surface area contributed by atoms with E-state index in [0.717, 1.165) is 55.1 Å². The third-order valence-corrected chi connectivity index (χ3v) is 5.97. The van der Waals surface area contributed by atoms with Crippen LogP contribution >= 0.6 is 0 Å². The van der Waals surface area contributed by atoms with Gasteiger partial charge in [0.25, 0.3) is 0 Å². The minimum atomic E-state index is -0.492. The monoisotopic (exact) mass is 381 g/mol. The van der Waals surface area contributed by atoms with Crippen LogP contribution in [0.15, 0.2) is 24.3 Å². The Balaban J connectivity index is 1.76. The van der Waals surface area contributed by atoms with Crippen molar-refractivity contribution in [3.05, 3.63) is 35.5 Å². The molecule has 1 aliphatic rings. The van der Waals surface area contributed by atoms with Crippen molar-refractivity contribution < 1.29 is 4.79 Å². The fourth-order valence-electron chi connectivity index (χ4n) is 3.98. The summed E-state index contributed by atoms with van der Waals surface area (Å²) in [5.74, 6) is 0.116. The molecule has 0 radical (unpaired) electrons. The number of hydrogen-bond acceptors (Lipinski definition) is 4. The maximum atomic E-state index is 12.5. The maximum Gasteiger partial charge on any atom is 0.193 e. The Hall–Kier alpha value is -2.47. The lowest BCUT2D eigenvalue weighted by atomic mass is 9.88. The van der Waals surface area contributed by atoms with E-state index in [1.54, 1.807) is 0 Å². The highest BCUT2D eigenvalue weighted by Gasteiger charge is 2.36. The number of rotatable bonds is 10. The lowest BCUT2D eigenvalue weighted by Gasteiger charge is -2.19. The van der Waals surface area contributed by atoms with E-state index in [2.05, 4.69) is 17.6 Å². The van der Waals surface area contributed by atoms with Gasteiger partial charge in [-0.05, 0) is 62.5 Å². The molecule has 0 saturated heterocycles. The zero-order valence-corrected chi connectivity index (χ0v) is 16.8. The average molecular weight is 382 g/mol. The first-order valence-electron chi connectivity index (χ1n) is 10.2. The second-order valence-electron chi connectivity index (χ2n) is 7.85. The third-order valence-electron chi connectivity index (χ3n) is 5.97. The molecule has 0 aliphatic heterocycles. The Kier molecular flexibility index (Phi) is 5.98. The molecule has 0 bridgehead atoms. The lowest BCUT2D eigenvalue weighted by molar-refractivity contribution is -0.114. The van der Waals surface area contributed by atoms with Crippen molar-refractivity contribution in [1.82, 2.24) is 4.57 Å². The van der Waals surface area contributed by atoms with E-state index in [0.29, 0.717) is 0 Å². The number of amidine groups is 1. The molecule has 1 saturated carbocycles. The molecule has 0 amide bonds. The molecule has 1 aromatic carbocycles. The molecular formula is C22H31N5O. The first-order chi connectivity index (χ1) is 13.4. The van der Waals surface area contributed by atoms with Crippen molar-refractivity contribution in [1.29, 1.82) is 10.8 Å². The van der Waals surface area contributed by atoms with Gasteiger partial charge in [-0.15, -0.1) is 0 Å². The number of aryl methyl sites for hydroxylation is 2. The predicted molar refractivity (Wildman–Crippen MR) is 114 cm³/mol. The number of nitrogens with zero attached hydrogens (tertiary/aromatic N) is 1. The predicted octanol–water partition coefficient (Wildman–Crippen LogP) is 3.23. The number of Topliss-reactive ketones (excluding diaryl/α,β-unsaturated/α-hetero) is 1. The van der Waals surface area contributed by atoms with Crippen LogP contribution in [0.4, 0.5) is 0 Å². The van der Waals surface area contributed by atoms with E-state index in [9.17, 15) is 4.79 Å². The van der Waals surface area contributed by atoms with Crippen molar-refractivity contribution in [2.75, 3.05) is 0 Å². The molecule has 1 heterocycles. The van der Waals surface area contributed by atoms with Crippen LogP contribution < -0.4 is 11.5 Å². The number of nitrogens with two attached hydrogens (primary N) is 2. The Morgan fingerprint density at radius 3 is 2.54 bits per heavy atom. The van der Waals surface area contributed by atoms with Crippen LogP contribution in [-0.4, -0.2) is 27.9 Å². The van der Waals surface area contributed by atoms with Crippen LogP contribution in [-0.2, 0) is 17.8 Å². The van der Waals surface area contributed by atoms with Gasteiger partial charge in [-0.1, -0.05) is 19.1 Å². The topological polar surface area (TPSA) is 122 Å². The summed E-state index contributed by atoms with van der Waals surface area (Å²) in [6, 6.07) is 7.50. The second-order valence-corrected chi connectivity index (χ2v) is 7.85. The zero-order chi connectivity index (χ0) is 20.4. The molecule has 1 fully saturated rings. The number of carbonyl (C=O) groups is 1. The number of hydrogen-bond donors (Lipinski definition) is 4. The van der Waals surface area contributed by atoms with Crippen LogP contribution in [0, 0.1) is 22.7 Å². The third kappa shape index (κ3) is 4.02. The molecule has 1 unspecified atom stereocenters. The molecular weight excluding hydrogens is 350 g/mol. The van der Waals surface area contributed by atoms with Crippen molar-refractivity contribution in [3.63, 3.8) is 0 Å². The van der Waals surface area contributed by atoms with Crippen LogP contribution in [0.3, 0.4) is 0 Å². The quantitative estimate of drug-likeness (QED) is 0.373. The molecule has 150 valence electrons. The molecule has 2 atom stereocenters. The molecule has 28 heavy (non-hydrogen) atoms. The zero-order valence-electron chi connectivity index (χ0n) is 16.8. The summed E-state index contributed by atoms with van der Waals surface area (Å²) >= 11 is 0. The van der Waals surface area contributed by atoms with E-state index in [4.69, 9.17) is 22.3 Å². The van der Waals surface area contributed by atoms with Crippen molar-refractivity contribution >= 4 is 28.2 Å². The van der Waals surface area contributed by atoms with Gasteiger partial charge in [-0.2, -0.15) is 0 Å². The molecule has 3 rings (SSSR count). The smallest absolute Gasteiger partial charge is 0.193 e. The van der Waals surface area contributed by atoms with Gasteiger partial charge in [0.15, 0.2) is 5.78 Å². The Labute approximate surface area is 166 Å². The van der Waals surface area contributed by atoms with Gasteiger partial charge in [0, 0.05) is 29.2 Å². The number of fused-ring (bicyclic) bond motifs is 1. The number of benzene rings is 1. The van der Waals surface area contributed by atoms with Crippen molar-refractivity contribution in [2.45, 2.75) is 58.5 Å². The summed E-state index contributed by atoms with van der Waals surface area (Å²) in [6.07, 6.45) is 4.34. The van der Waals surface area contributed by atoms with E-state index in [-0.39, 0.29) is 29.2 Å². The second kappa shape index (κ2) is 8.27. The summed E-state index contributed by atoms with van der Waals surface area (Å²) in [4.78, 5) is 12.5. The summed E-state index contributed by atoms with van der Waals surface area (Å²) < 4.78 is 2.23. The normalized spacial score (nSPS) is 16.1. The number of nitrogen functional groups attached to an aromatic ring is 1. The van der Waals surface area contributed by atoms with E-state index in [1.165, 1.54) is 5.69 Å². The molecule has 1 aliphatic carbocycles. The first-order valence-corrected chi connectivity index (χ1v) is 10.2. The SMILES string of the molecule is CC[C@@H](CCc1cc2ccc(C(=N)N)cc2n1CC)C(=N)C(=O)C(N)C1CC1. The fourth-order valence-corrected chi connectivity index (χ4v) is 3.98. The van der Waals surface area contributed by atoms with Gasteiger partial charge in [0.05, 0.1) is 11.8 Å². The Morgan fingerprint density at radius 1 is 1.25 bits per heavy atom. The highest BCUT2D eigenvalue weighted by Crippen LogP contribution is 2.32. The van der Waals surface area contributed by atoms with Gasteiger partial charge < -0.3 is 21.4 Å². The standard InChI is InChI=1S/C22H31N5O/c1-3-13(19(23)21(28)20(24)14-5-6-14)9-10-17-11-15-7-8-16(22(25)26)12-18(15)27(17)4-2/h7-8,11-14,20,23H,3-6,9-10,24H2,1-2H3,(H3,25,26)/t13-,20?/m0/s1. The van der Waals surface area contributed by atoms with Crippen LogP contribution in [0.1, 0.15) is 50.8 Å². The Morgan fingerprint density at radius 2 is 1.96 bits per heavy atom. The van der Waals surface area contributed by atoms with Crippen LogP contribution in [0.5, 0.6) is 0 Å². The van der Waals surface area contributed by atoms with Crippen LogP contribution in [0.2, 0.25) is 0 Å². The van der Waals surface area contributed by atoms with E-state index >= 15 is 0 Å². The highest BCUT2D eigenvalue weighted by molar-refractivity contribution is 6.41. The Bertz CT molecular complexity index is 909. The molecule has 6 heteroatoms. The minimum Gasteiger partial charge on any atom is -0.384 e. The van der Waals surface area contributed by atoms with Gasteiger partial charge in [-0.3, -0.25) is 10.2 Å². The van der Waals surface area contributed by atoms with E-state index < -0.39 is 6.04 Å². The van der Waals surface area contributed by atoms with Gasteiger partial charge in [0.1, 0.15) is 5.84 Å². The molecule has 6 N–H and O–H groups in total. The van der Waals surface area contributed by atoms with Crippen LogP contribution in [0.25, 0.3) is 10.9 Å². The number of aromatic nitrogens is 1. The van der Waals surface area contributed by atoms with Gasteiger partial charge in [0.2, 0.25) is 0 Å². The molecule has 2 aromatic rings. The fraction of sp³-hybridized carbons (Fsp3) is 0.500. The summed E-state index contributed by atoms with van der Waals surface area (Å²) in [5.41, 5.74) is 14.8. The number of nitrogens with one attached hydrogen (secondary N) is 2. The van der Waals surface area contributed by atoms with Crippen molar-refractivity contribution in [3.8, 4) is 0 Å². The molecule has 6 nitrogen and oxygen atoms in total. The summed E-state index contributed by atoms with van der Waals surface area (Å²) in [7, 11) is 0. The minimum absolute atomic E-state index is 0.0617.